The second kappa shape index (κ2) is 13.7. The smallest absolute Gasteiger partial charge is 0.405 e. The number of hydrogen-bond acceptors (Lipinski definition) is 9. The highest BCUT2D eigenvalue weighted by molar-refractivity contribution is 5.70. The van der Waals surface area contributed by atoms with Gasteiger partial charge in [-0.1, -0.05) is 36.7 Å². The number of carbonyl (C=O) groups is 1. The Morgan fingerprint density at radius 3 is 2.67 bits per heavy atom. The van der Waals surface area contributed by atoms with Crippen LogP contribution in [0.15, 0.2) is 47.1 Å². The molecule has 0 spiro atoms. The molecule has 0 radical (unpaired) electrons. The van der Waals surface area contributed by atoms with Crippen LogP contribution in [0.3, 0.4) is 0 Å². The number of benzene rings is 1. The fourth-order valence-electron chi connectivity index (χ4n) is 5.61. The maximum Gasteiger partial charge on any atom is 0.573 e. The molecule has 3 heterocycles. The minimum absolute atomic E-state index is 0.0596. The zero-order chi connectivity index (χ0) is 30.4. The predicted octanol–water partition coefficient (Wildman–Crippen LogP) is 5.76. The zero-order valence-electron chi connectivity index (χ0n) is 24.1. The van der Waals surface area contributed by atoms with Gasteiger partial charge in [-0.15, -0.1) is 13.2 Å². The lowest BCUT2D eigenvalue weighted by atomic mass is 9.95. The Morgan fingerprint density at radius 2 is 2.00 bits per heavy atom. The molecule has 10 nitrogen and oxygen atoms in total. The summed E-state index contributed by atoms with van der Waals surface area (Å²) < 4.78 is 55.8. The third-order valence-electron chi connectivity index (χ3n) is 7.76. The molecule has 2 aliphatic rings. The van der Waals surface area contributed by atoms with Crippen LogP contribution in [0.5, 0.6) is 5.75 Å². The summed E-state index contributed by atoms with van der Waals surface area (Å²) in [6, 6.07) is 9.98. The van der Waals surface area contributed by atoms with E-state index in [0.29, 0.717) is 23.4 Å². The van der Waals surface area contributed by atoms with Crippen molar-refractivity contribution < 1.29 is 36.8 Å². The number of carbonyl (C=O) groups excluding carboxylic acids is 1. The number of anilines is 1. The molecular weight excluding hydrogens is 567 g/mol. The third kappa shape index (κ3) is 7.64. The molecular formula is C30H36F3N5O5. The second-order valence-electron chi connectivity index (χ2n) is 10.8. The van der Waals surface area contributed by atoms with Gasteiger partial charge < -0.3 is 29.1 Å². The van der Waals surface area contributed by atoms with Gasteiger partial charge in [0.15, 0.2) is 0 Å². The first-order valence-corrected chi connectivity index (χ1v) is 14.5. The Hall–Kier alpha value is -3.68. The fraction of sp³-hybridized carbons (Fsp3) is 0.500. The maximum absolute atomic E-state index is 13.1. The molecule has 3 aromatic rings. The van der Waals surface area contributed by atoms with Crippen LogP contribution in [0.2, 0.25) is 0 Å². The van der Waals surface area contributed by atoms with E-state index in [1.54, 1.807) is 18.3 Å². The summed E-state index contributed by atoms with van der Waals surface area (Å²) in [5, 5.41) is 6.83. The van der Waals surface area contributed by atoms with Gasteiger partial charge >= 0.3 is 6.36 Å². The Kier molecular flexibility index (Phi) is 9.83. The summed E-state index contributed by atoms with van der Waals surface area (Å²) in [5.74, 6) is 1.38. The van der Waals surface area contributed by atoms with Crippen molar-refractivity contribution in [3.8, 4) is 17.0 Å². The molecule has 0 bridgehead atoms. The average molecular weight is 604 g/mol. The number of pyridine rings is 1. The molecule has 2 fully saturated rings. The molecule has 1 aromatic carbocycles. The van der Waals surface area contributed by atoms with E-state index in [-0.39, 0.29) is 36.0 Å². The first-order valence-electron chi connectivity index (χ1n) is 14.5. The summed E-state index contributed by atoms with van der Waals surface area (Å²) in [6.07, 6.45) is 2.21. The van der Waals surface area contributed by atoms with Gasteiger partial charge in [0, 0.05) is 41.4 Å². The number of hydrogen-bond donors (Lipinski definition) is 2. The van der Waals surface area contributed by atoms with Crippen LogP contribution in [0, 0.1) is 0 Å². The average Bonchev–Trinajstić information content (AvgIpc) is 3.75. The molecule has 1 aliphatic carbocycles. The van der Waals surface area contributed by atoms with E-state index >= 15 is 0 Å². The first-order chi connectivity index (χ1) is 20.8. The minimum atomic E-state index is -4.83. The molecule has 5 rings (SSSR count). The molecule has 232 valence electrons. The number of para-hydroxylation sites is 1. The van der Waals surface area contributed by atoms with Crippen LogP contribution < -0.4 is 20.4 Å². The van der Waals surface area contributed by atoms with Gasteiger partial charge in [0.25, 0.3) is 0 Å². The van der Waals surface area contributed by atoms with Crippen LogP contribution in [0.1, 0.15) is 74.4 Å². The van der Waals surface area contributed by atoms with Gasteiger partial charge in [-0.3, -0.25) is 4.79 Å². The van der Waals surface area contributed by atoms with E-state index in [2.05, 4.69) is 37.5 Å². The van der Waals surface area contributed by atoms with E-state index < -0.39 is 12.5 Å². The van der Waals surface area contributed by atoms with E-state index in [0.717, 1.165) is 56.5 Å². The van der Waals surface area contributed by atoms with Crippen molar-refractivity contribution in [1.82, 2.24) is 20.9 Å². The highest BCUT2D eigenvalue weighted by Crippen LogP contribution is 2.46. The number of rotatable bonds is 14. The molecule has 13 heteroatoms. The van der Waals surface area contributed by atoms with Gasteiger partial charge in [-0.05, 0) is 50.3 Å². The van der Waals surface area contributed by atoms with Crippen LogP contribution in [-0.2, 0) is 21.0 Å². The van der Waals surface area contributed by atoms with Crippen LogP contribution in [0.4, 0.5) is 19.0 Å². The summed E-state index contributed by atoms with van der Waals surface area (Å²) in [5.41, 5.74) is 4.68. The molecule has 2 aromatic heterocycles. The Morgan fingerprint density at radius 1 is 1.19 bits per heavy atom. The number of nitrogens with zero attached hydrogens (tertiary/aromatic N) is 3. The predicted molar refractivity (Wildman–Crippen MR) is 151 cm³/mol. The molecule has 1 saturated carbocycles. The molecule has 1 saturated heterocycles. The van der Waals surface area contributed by atoms with Crippen molar-refractivity contribution in [1.29, 1.82) is 0 Å². The molecule has 1 aliphatic heterocycles. The van der Waals surface area contributed by atoms with Crippen molar-refractivity contribution in [2.45, 2.75) is 82.6 Å². The highest BCUT2D eigenvalue weighted by Gasteiger charge is 2.36. The normalized spacial score (nSPS) is 19.7. The van der Waals surface area contributed by atoms with Gasteiger partial charge in [0.05, 0.1) is 19.8 Å². The highest BCUT2D eigenvalue weighted by atomic mass is 19.4. The summed E-state index contributed by atoms with van der Waals surface area (Å²) >= 11 is 0. The van der Waals surface area contributed by atoms with Crippen molar-refractivity contribution in [3.05, 3.63) is 59.5 Å². The Balaban J connectivity index is 1.30. The largest absolute Gasteiger partial charge is 0.573 e. The second-order valence-corrected chi connectivity index (χ2v) is 10.8. The van der Waals surface area contributed by atoms with E-state index in [1.807, 2.05) is 12.1 Å². The lowest BCUT2D eigenvalue weighted by Gasteiger charge is -2.40. The van der Waals surface area contributed by atoms with Crippen molar-refractivity contribution in [2.75, 3.05) is 18.6 Å². The third-order valence-corrected chi connectivity index (χ3v) is 7.76. The maximum atomic E-state index is 13.1. The number of ether oxygens (including phenoxy) is 2. The molecule has 1 amide bonds. The number of hydroxylamine groups is 1. The topological polar surface area (TPSA) is 111 Å². The molecule has 2 N–H and O–H groups in total. The standard InChI is InChI=1S/C30H36F3N5O5/c1-3-6-21-15-22(13-14-38(21)26-12-11-20(16-34-26)29(35-18-39)37-40-2)41-17-24-27(36-43-28(24)19-9-10-19)23-7-4-5-8-25(23)42-30(31,32)33/h4-5,7-8,11-12,16,18-19,21-22,29,37H,3,6,9-10,13-15,17H2,1-2H3,(H,35,39). The van der Waals surface area contributed by atoms with Gasteiger partial charge in [-0.2, -0.15) is 5.48 Å². The number of nitrogens with one attached hydrogen (secondary N) is 2. The van der Waals surface area contributed by atoms with Crippen LogP contribution in [-0.4, -0.2) is 48.7 Å². The molecule has 43 heavy (non-hydrogen) atoms. The fourth-order valence-corrected chi connectivity index (χ4v) is 5.61. The minimum Gasteiger partial charge on any atom is -0.405 e. The zero-order valence-corrected chi connectivity index (χ0v) is 24.1. The van der Waals surface area contributed by atoms with Crippen molar-refractivity contribution >= 4 is 12.2 Å². The number of piperidine rings is 1. The lowest BCUT2D eigenvalue weighted by Crippen LogP contribution is -2.45. The van der Waals surface area contributed by atoms with Crippen LogP contribution >= 0.6 is 0 Å². The van der Waals surface area contributed by atoms with Gasteiger partial charge in [-0.25, -0.2) is 4.98 Å². The van der Waals surface area contributed by atoms with E-state index in [9.17, 15) is 18.0 Å². The van der Waals surface area contributed by atoms with E-state index in [1.165, 1.54) is 19.2 Å². The summed E-state index contributed by atoms with van der Waals surface area (Å²) in [4.78, 5) is 22.9. The molecule has 3 unspecified atom stereocenters. The van der Waals surface area contributed by atoms with Crippen molar-refractivity contribution in [2.24, 2.45) is 0 Å². The van der Waals surface area contributed by atoms with Crippen molar-refractivity contribution in [3.63, 3.8) is 0 Å². The quantitative estimate of drug-likeness (QED) is 0.135. The number of amides is 1. The lowest BCUT2D eigenvalue weighted by molar-refractivity contribution is -0.274. The monoisotopic (exact) mass is 603 g/mol. The number of aromatic nitrogens is 2. The van der Waals surface area contributed by atoms with E-state index in [4.69, 9.17) is 14.1 Å². The summed E-state index contributed by atoms with van der Waals surface area (Å²) in [6.45, 7) is 3.04. The van der Waals surface area contributed by atoms with Gasteiger partial charge in [0.2, 0.25) is 6.41 Å². The summed E-state index contributed by atoms with van der Waals surface area (Å²) in [7, 11) is 1.47. The molecule has 3 atom stereocenters. The Labute approximate surface area is 247 Å². The Bertz CT molecular complexity index is 1350. The van der Waals surface area contributed by atoms with Gasteiger partial charge in [0.1, 0.15) is 29.2 Å². The number of halogens is 3. The number of alkyl halides is 3. The van der Waals surface area contributed by atoms with Crippen LogP contribution in [0.25, 0.3) is 11.3 Å². The first kappa shape index (κ1) is 30.8. The SMILES string of the molecule is CCCC1CC(OCc2c(-c3ccccc3OC(F)(F)F)noc2C2CC2)CCN1c1ccc(C(NC=O)NOC)cn1.